The summed E-state index contributed by atoms with van der Waals surface area (Å²) >= 11 is 0. The van der Waals surface area contributed by atoms with E-state index in [2.05, 4.69) is 70.9 Å². The largest absolute Gasteiger partial charge is 0.389 e. The SMILES string of the molecule is CC(COCC(O)CN1CC1C)OCC(COCCOCC(O)CN1CC1C)(COCCOCC(O)CN1CC1C)COCC(COCCOCC(O)CN1CC1C)(COCCOCC(O)CN1CC1C)COCCOCC(O)CN1CC1C. The molecule has 6 aliphatic rings. The topological polar surface area (TPSA) is 259 Å². The van der Waals surface area contributed by atoms with Crippen molar-refractivity contribution in [1.82, 2.24) is 29.4 Å². The summed E-state index contributed by atoms with van der Waals surface area (Å²) in [5, 5.41) is 63.6. The Labute approximate surface area is 502 Å². The molecule has 6 fully saturated rings. The highest BCUT2D eigenvalue weighted by Gasteiger charge is 2.39. The fraction of sp³-hybridized carbons (Fsp3) is 1.00. The lowest BCUT2D eigenvalue weighted by Crippen LogP contribution is -2.47. The van der Waals surface area contributed by atoms with Crippen molar-refractivity contribution in [1.29, 1.82) is 0 Å². The molecule has 25 heteroatoms. The van der Waals surface area contributed by atoms with Gasteiger partial charge < -0.3 is 92.2 Å². The van der Waals surface area contributed by atoms with Crippen LogP contribution in [0.3, 0.4) is 0 Å². The van der Waals surface area contributed by atoms with E-state index in [0.29, 0.717) is 75.5 Å². The van der Waals surface area contributed by atoms with Crippen LogP contribution in [0.1, 0.15) is 48.5 Å². The van der Waals surface area contributed by atoms with E-state index in [0.717, 1.165) is 39.3 Å². The van der Waals surface area contributed by atoms with Gasteiger partial charge in [0.1, 0.15) is 0 Å². The molecule has 0 saturated carbocycles. The summed E-state index contributed by atoms with van der Waals surface area (Å²) in [6, 6.07) is 2.84. The maximum absolute atomic E-state index is 10.6. The first kappa shape index (κ1) is 72.1. The molecule has 0 amide bonds. The average Bonchev–Trinajstić information content (AvgIpc) is 4.20. The maximum atomic E-state index is 10.6. The predicted octanol–water partition coefficient (Wildman–Crippen LogP) is -2.05. The van der Waals surface area contributed by atoms with Gasteiger partial charge in [0.05, 0.1) is 219 Å². The Kier molecular flexibility index (Phi) is 33.1. The molecule has 6 N–H and O–H groups in total. The lowest BCUT2D eigenvalue weighted by molar-refractivity contribution is -0.157. The van der Waals surface area contributed by atoms with Gasteiger partial charge in [0.25, 0.3) is 0 Å². The first-order valence-electron chi connectivity index (χ1n) is 31.5. The second-order valence-electron chi connectivity index (χ2n) is 25.5. The Morgan fingerprint density at radius 3 is 0.702 bits per heavy atom. The van der Waals surface area contributed by atoms with Crippen LogP contribution in [0.5, 0.6) is 0 Å². The van der Waals surface area contributed by atoms with Crippen molar-refractivity contribution in [3.05, 3.63) is 0 Å². The van der Waals surface area contributed by atoms with Crippen molar-refractivity contribution in [3.63, 3.8) is 0 Å². The summed E-state index contributed by atoms with van der Waals surface area (Å²) in [6.07, 6.45) is -4.06. The van der Waals surface area contributed by atoms with E-state index in [1.165, 1.54) is 0 Å². The van der Waals surface area contributed by atoms with Crippen LogP contribution in [-0.2, 0) is 61.6 Å². The van der Waals surface area contributed by atoms with Crippen molar-refractivity contribution >= 4 is 0 Å². The van der Waals surface area contributed by atoms with E-state index in [9.17, 15) is 30.6 Å². The third-order valence-electron chi connectivity index (χ3n) is 16.2. The molecule has 6 rings (SSSR count). The molecule has 0 radical (unpaired) electrons. The lowest BCUT2D eigenvalue weighted by Gasteiger charge is -2.37. The molecule has 0 aliphatic carbocycles. The van der Waals surface area contributed by atoms with Crippen LogP contribution in [0.2, 0.25) is 0 Å². The Bertz CT molecular complexity index is 1610. The second kappa shape index (κ2) is 38.6. The molecule has 19 unspecified atom stereocenters. The third kappa shape index (κ3) is 31.2. The molecule has 6 heterocycles. The quantitative estimate of drug-likeness (QED) is 0.0283. The van der Waals surface area contributed by atoms with E-state index in [4.69, 9.17) is 61.6 Å². The zero-order valence-electron chi connectivity index (χ0n) is 52.3. The molecule has 19 atom stereocenters. The molecule has 494 valence electrons. The highest BCUT2D eigenvalue weighted by molar-refractivity contribution is 4.90. The minimum absolute atomic E-state index is 0.0835. The van der Waals surface area contributed by atoms with Crippen molar-refractivity contribution < 1.29 is 92.2 Å². The fourth-order valence-corrected chi connectivity index (χ4v) is 10.1. The lowest BCUT2D eigenvalue weighted by atomic mass is 9.90. The number of aliphatic hydroxyl groups excluding tert-OH is 6. The smallest absolute Gasteiger partial charge is 0.0900 e. The minimum atomic E-state index is -0.919. The zero-order chi connectivity index (χ0) is 60.3. The van der Waals surface area contributed by atoms with Crippen LogP contribution < -0.4 is 0 Å². The standard InChI is InChI=1S/C59H114N6O19/c1-45-18-60(45)24-52(66)31-72-8-13-77-37-58(38-78-14-9-73-32-53(67)25-61-19-46(61)2,39-79-15-10-74-33-54(68)26-62-20-47(62)3)42-83-43-59(40-80-16-11-75-34-55(69)27-63-21-48(63)4,41-81-17-12-76-35-56(70)28-64-22-49(64)5)44-84-51(7)30-82-36-57(71)29-65-23-50(65)6/h45-57,66-71H,8-44H2,1-7H3. The van der Waals surface area contributed by atoms with E-state index < -0.39 is 47.5 Å². The summed E-state index contributed by atoms with van der Waals surface area (Å²) in [5.74, 6) is 0. The summed E-state index contributed by atoms with van der Waals surface area (Å²) < 4.78 is 80.7. The normalized spacial score (nSPS) is 30.7. The van der Waals surface area contributed by atoms with Crippen LogP contribution in [-0.4, -0.2) is 383 Å². The van der Waals surface area contributed by atoms with Gasteiger partial charge in [0.2, 0.25) is 0 Å². The Morgan fingerprint density at radius 1 is 0.286 bits per heavy atom. The van der Waals surface area contributed by atoms with Gasteiger partial charge in [-0.1, -0.05) is 0 Å². The van der Waals surface area contributed by atoms with Gasteiger partial charge in [-0.2, -0.15) is 0 Å². The van der Waals surface area contributed by atoms with Gasteiger partial charge in [-0.25, -0.2) is 0 Å². The molecule has 84 heavy (non-hydrogen) atoms. The first-order chi connectivity index (χ1) is 40.4. The van der Waals surface area contributed by atoms with Crippen molar-refractivity contribution in [2.45, 2.75) is 127 Å². The third-order valence-corrected chi connectivity index (χ3v) is 16.2. The summed E-state index contributed by atoms with van der Waals surface area (Å²) in [6.45, 7) is 28.5. The Morgan fingerprint density at radius 2 is 0.476 bits per heavy atom. The zero-order valence-corrected chi connectivity index (χ0v) is 52.3. The minimum Gasteiger partial charge on any atom is -0.389 e. The van der Waals surface area contributed by atoms with Crippen molar-refractivity contribution in [3.8, 4) is 0 Å². The molecule has 0 aromatic heterocycles. The molecule has 25 nitrogen and oxygen atoms in total. The average molecular weight is 1210 g/mol. The van der Waals surface area contributed by atoms with Crippen LogP contribution in [0.4, 0.5) is 0 Å². The molecule has 0 bridgehead atoms. The molecule has 6 saturated heterocycles. The molecule has 0 spiro atoms. The first-order valence-corrected chi connectivity index (χ1v) is 31.5. The van der Waals surface area contributed by atoms with Crippen LogP contribution in [0.15, 0.2) is 0 Å². The van der Waals surface area contributed by atoms with E-state index in [-0.39, 0.29) is 171 Å². The van der Waals surface area contributed by atoms with Crippen molar-refractivity contribution in [2.24, 2.45) is 10.8 Å². The van der Waals surface area contributed by atoms with Gasteiger partial charge >= 0.3 is 0 Å². The number of ether oxygens (including phenoxy) is 13. The highest BCUT2D eigenvalue weighted by atomic mass is 16.6. The molecule has 6 aliphatic heterocycles. The van der Waals surface area contributed by atoms with Crippen LogP contribution in [0.25, 0.3) is 0 Å². The van der Waals surface area contributed by atoms with Gasteiger partial charge in [0.15, 0.2) is 0 Å². The Balaban J connectivity index is 1.12. The molecule has 0 aromatic rings. The van der Waals surface area contributed by atoms with Crippen LogP contribution >= 0.6 is 0 Å². The number of β-amino-alcohol motifs (C(OH)–C–C–N with tert-alkyl or cyclic N) is 6. The van der Waals surface area contributed by atoms with Gasteiger partial charge in [-0.3, -0.25) is 29.4 Å². The summed E-state index contributed by atoms with van der Waals surface area (Å²) in [4.78, 5) is 13.1. The molecular formula is C59H114N6O19. The highest BCUT2D eigenvalue weighted by Crippen LogP contribution is 2.27. The van der Waals surface area contributed by atoms with Crippen LogP contribution in [0, 0.1) is 10.8 Å². The van der Waals surface area contributed by atoms with Crippen molar-refractivity contribution in [2.75, 3.05) is 244 Å². The number of nitrogens with zero attached hydrogens (tertiary/aromatic N) is 6. The monoisotopic (exact) mass is 1210 g/mol. The number of rotatable bonds is 58. The Hall–Kier alpha value is -1.00. The maximum Gasteiger partial charge on any atom is 0.0900 e. The fourth-order valence-electron chi connectivity index (χ4n) is 10.1. The van der Waals surface area contributed by atoms with Gasteiger partial charge in [0, 0.05) is 115 Å². The van der Waals surface area contributed by atoms with E-state index in [1.54, 1.807) is 0 Å². The molecular weight excluding hydrogens is 1100 g/mol. The second-order valence-corrected chi connectivity index (χ2v) is 25.5. The van der Waals surface area contributed by atoms with E-state index >= 15 is 0 Å². The summed E-state index contributed by atoms with van der Waals surface area (Å²) in [7, 11) is 0. The van der Waals surface area contributed by atoms with Gasteiger partial charge in [-0.15, -0.1) is 0 Å². The van der Waals surface area contributed by atoms with E-state index in [1.807, 2.05) is 6.92 Å². The number of aliphatic hydroxyl groups is 6. The summed E-state index contributed by atoms with van der Waals surface area (Å²) in [5.41, 5.74) is -1.82. The molecule has 0 aromatic carbocycles. The number of hydrogen-bond acceptors (Lipinski definition) is 25. The van der Waals surface area contributed by atoms with Gasteiger partial charge in [-0.05, 0) is 48.5 Å². The number of hydrogen-bond donors (Lipinski definition) is 6. The predicted molar refractivity (Wildman–Crippen MR) is 312 cm³/mol.